The number of rotatable bonds is 3. The Kier molecular flexibility index (Phi) is 3.57. The first-order valence-electron chi connectivity index (χ1n) is 5.78. The highest BCUT2D eigenvalue weighted by atomic mass is 35.5. The number of carbonyl (C=O) groups excluding carboxylic acids is 1. The van der Waals surface area contributed by atoms with Gasteiger partial charge in [0.05, 0.1) is 5.92 Å². The van der Waals surface area contributed by atoms with Crippen LogP contribution in [-0.2, 0) is 4.79 Å². The summed E-state index contributed by atoms with van der Waals surface area (Å²) in [5.74, 6) is -1.31. The van der Waals surface area contributed by atoms with Crippen LogP contribution >= 0.6 is 11.6 Å². The van der Waals surface area contributed by atoms with Gasteiger partial charge in [0.1, 0.15) is 0 Å². The SMILES string of the molecule is Cc1c(Cl)cccc1C(=O)NC1CC(C(=O)O)C1. The molecular weight excluding hydrogens is 254 g/mol. The molecule has 4 nitrogen and oxygen atoms in total. The van der Waals surface area contributed by atoms with Crippen molar-refractivity contribution >= 4 is 23.5 Å². The molecular formula is C13H14ClNO3. The molecule has 1 fully saturated rings. The summed E-state index contributed by atoms with van der Waals surface area (Å²) in [5, 5.41) is 12.1. The highest BCUT2D eigenvalue weighted by molar-refractivity contribution is 6.31. The van der Waals surface area contributed by atoms with E-state index in [0.29, 0.717) is 23.4 Å². The number of carboxylic acids is 1. The minimum absolute atomic E-state index is 0.0445. The van der Waals surface area contributed by atoms with Crippen molar-refractivity contribution < 1.29 is 14.7 Å². The Morgan fingerprint density at radius 3 is 2.67 bits per heavy atom. The normalized spacial score (nSPS) is 22.1. The van der Waals surface area contributed by atoms with E-state index in [-0.39, 0.29) is 17.9 Å². The smallest absolute Gasteiger partial charge is 0.306 e. The van der Waals surface area contributed by atoms with E-state index < -0.39 is 5.97 Å². The summed E-state index contributed by atoms with van der Waals surface area (Å²) >= 11 is 5.95. The van der Waals surface area contributed by atoms with Gasteiger partial charge < -0.3 is 10.4 Å². The van der Waals surface area contributed by atoms with Crippen molar-refractivity contribution in [1.82, 2.24) is 5.32 Å². The summed E-state index contributed by atoms with van der Waals surface area (Å²) in [7, 11) is 0. The number of aliphatic carboxylic acids is 1. The molecule has 96 valence electrons. The van der Waals surface area contributed by atoms with Gasteiger partial charge in [-0.1, -0.05) is 17.7 Å². The van der Waals surface area contributed by atoms with Crippen molar-refractivity contribution in [3.05, 3.63) is 34.3 Å². The van der Waals surface area contributed by atoms with Crippen molar-refractivity contribution in [2.75, 3.05) is 0 Å². The van der Waals surface area contributed by atoms with E-state index in [4.69, 9.17) is 16.7 Å². The Balaban J connectivity index is 1.97. The molecule has 0 bridgehead atoms. The van der Waals surface area contributed by atoms with Crippen molar-refractivity contribution in [2.24, 2.45) is 5.92 Å². The average Bonchev–Trinajstić information content (AvgIpc) is 2.25. The third-order valence-corrected chi connectivity index (χ3v) is 3.74. The van der Waals surface area contributed by atoms with Crippen LogP contribution in [0.4, 0.5) is 0 Å². The average molecular weight is 268 g/mol. The van der Waals surface area contributed by atoms with E-state index in [2.05, 4.69) is 5.32 Å². The molecule has 1 aromatic rings. The first-order chi connectivity index (χ1) is 8.49. The molecule has 1 saturated carbocycles. The van der Waals surface area contributed by atoms with Crippen molar-refractivity contribution in [3.63, 3.8) is 0 Å². The summed E-state index contributed by atoms with van der Waals surface area (Å²) in [6.07, 6.45) is 1.00. The van der Waals surface area contributed by atoms with Gasteiger partial charge in [0.25, 0.3) is 5.91 Å². The van der Waals surface area contributed by atoms with Gasteiger partial charge in [-0.05, 0) is 37.5 Å². The van der Waals surface area contributed by atoms with Gasteiger partial charge in [0.2, 0.25) is 0 Å². The van der Waals surface area contributed by atoms with Crippen LogP contribution in [0.15, 0.2) is 18.2 Å². The van der Waals surface area contributed by atoms with Crippen molar-refractivity contribution in [3.8, 4) is 0 Å². The van der Waals surface area contributed by atoms with E-state index in [9.17, 15) is 9.59 Å². The maximum absolute atomic E-state index is 12.0. The van der Waals surface area contributed by atoms with Crippen LogP contribution in [0.3, 0.4) is 0 Å². The van der Waals surface area contributed by atoms with Crippen LogP contribution in [0, 0.1) is 12.8 Å². The van der Waals surface area contributed by atoms with E-state index >= 15 is 0 Å². The van der Waals surface area contributed by atoms with Crippen molar-refractivity contribution in [1.29, 1.82) is 0 Å². The third-order valence-electron chi connectivity index (χ3n) is 3.33. The molecule has 1 aliphatic rings. The molecule has 18 heavy (non-hydrogen) atoms. The first-order valence-corrected chi connectivity index (χ1v) is 6.15. The molecule has 1 aliphatic carbocycles. The quantitative estimate of drug-likeness (QED) is 0.883. The fraction of sp³-hybridized carbons (Fsp3) is 0.385. The summed E-state index contributed by atoms with van der Waals surface area (Å²) < 4.78 is 0. The van der Waals surface area contributed by atoms with E-state index in [1.54, 1.807) is 25.1 Å². The van der Waals surface area contributed by atoms with Gasteiger partial charge >= 0.3 is 5.97 Å². The Labute approximate surface area is 110 Å². The third kappa shape index (κ3) is 2.48. The van der Waals surface area contributed by atoms with Gasteiger partial charge in [0, 0.05) is 16.6 Å². The van der Waals surface area contributed by atoms with Crippen LogP contribution in [0.5, 0.6) is 0 Å². The molecule has 0 spiro atoms. The molecule has 0 saturated heterocycles. The molecule has 1 aromatic carbocycles. The van der Waals surface area contributed by atoms with Gasteiger partial charge in [-0.15, -0.1) is 0 Å². The lowest BCUT2D eigenvalue weighted by Gasteiger charge is -2.33. The standard InChI is InChI=1S/C13H14ClNO3/c1-7-10(3-2-4-11(7)14)12(16)15-9-5-8(6-9)13(17)18/h2-4,8-9H,5-6H2,1H3,(H,15,16)(H,17,18). The highest BCUT2D eigenvalue weighted by Crippen LogP contribution is 2.28. The Morgan fingerprint density at radius 2 is 2.06 bits per heavy atom. The molecule has 2 N–H and O–H groups in total. The van der Waals surface area contributed by atoms with Gasteiger partial charge in [-0.3, -0.25) is 9.59 Å². The molecule has 0 aromatic heterocycles. The Bertz CT molecular complexity index is 495. The second-order valence-electron chi connectivity index (χ2n) is 4.59. The number of carboxylic acid groups (broad SMARTS) is 1. The first kappa shape index (κ1) is 12.9. The molecule has 0 aliphatic heterocycles. The molecule has 0 unspecified atom stereocenters. The molecule has 0 atom stereocenters. The zero-order valence-electron chi connectivity index (χ0n) is 9.94. The number of nitrogens with one attached hydrogen (secondary N) is 1. The van der Waals surface area contributed by atoms with Gasteiger partial charge in [0.15, 0.2) is 0 Å². The maximum atomic E-state index is 12.0. The predicted octanol–water partition coefficient (Wildman–Crippen LogP) is 2.24. The van der Waals surface area contributed by atoms with Crippen LogP contribution < -0.4 is 5.32 Å². The van der Waals surface area contributed by atoms with Gasteiger partial charge in [-0.2, -0.15) is 0 Å². The highest BCUT2D eigenvalue weighted by Gasteiger charge is 2.35. The monoisotopic (exact) mass is 267 g/mol. The largest absolute Gasteiger partial charge is 0.481 e. The van der Waals surface area contributed by atoms with E-state index in [1.165, 1.54) is 0 Å². The summed E-state index contributed by atoms with van der Waals surface area (Å²) in [6.45, 7) is 1.79. The number of hydrogen-bond donors (Lipinski definition) is 2. The molecule has 1 amide bonds. The zero-order valence-corrected chi connectivity index (χ0v) is 10.7. The fourth-order valence-corrected chi connectivity index (χ4v) is 2.23. The Morgan fingerprint density at radius 1 is 1.39 bits per heavy atom. The van der Waals surface area contributed by atoms with E-state index in [1.807, 2.05) is 0 Å². The van der Waals surface area contributed by atoms with Crippen LogP contribution in [-0.4, -0.2) is 23.0 Å². The molecule has 5 heteroatoms. The Hall–Kier alpha value is -1.55. The molecule has 0 heterocycles. The molecule has 2 rings (SSSR count). The lowest BCUT2D eigenvalue weighted by Crippen LogP contribution is -2.46. The topological polar surface area (TPSA) is 66.4 Å². The zero-order chi connectivity index (χ0) is 13.3. The number of carbonyl (C=O) groups is 2. The number of hydrogen-bond acceptors (Lipinski definition) is 2. The number of halogens is 1. The summed E-state index contributed by atoms with van der Waals surface area (Å²) in [5.41, 5.74) is 1.28. The minimum Gasteiger partial charge on any atom is -0.481 e. The lowest BCUT2D eigenvalue weighted by molar-refractivity contribution is -0.145. The number of amides is 1. The predicted molar refractivity (Wildman–Crippen MR) is 67.8 cm³/mol. The lowest BCUT2D eigenvalue weighted by atomic mass is 9.80. The minimum atomic E-state index is -0.792. The maximum Gasteiger partial charge on any atom is 0.306 e. The van der Waals surface area contributed by atoms with Gasteiger partial charge in [-0.25, -0.2) is 0 Å². The fourth-order valence-electron chi connectivity index (χ4n) is 2.05. The summed E-state index contributed by atoms with van der Waals surface area (Å²) in [6, 6.07) is 5.13. The van der Waals surface area contributed by atoms with E-state index in [0.717, 1.165) is 5.56 Å². The summed E-state index contributed by atoms with van der Waals surface area (Å²) in [4.78, 5) is 22.6. The second kappa shape index (κ2) is 4.98. The van der Waals surface area contributed by atoms with Crippen molar-refractivity contribution in [2.45, 2.75) is 25.8 Å². The molecule has 0 radical (unpaired) electrons. The number of benzene rings is 1. The second-order valence-corrected chi connectivity index (χ2v) is 5.00. The van der Waals surface area contributed by atoms with Crippen LogP contribution in [0.2, 0.25) is 5.02 Å². The van der Waals surface area contributed by atoms with Crippen LogP contribution in [0.25, 0.3) is 0 Å². The van der Waals surface area contributed by atoms with Crippen LogP contribution in [0.1, 0.15) is 28.8 Å².